The number of rotatable bonds is 6. The van der Waals surface area contributed by atoms with Gasteiger partial charge in [0.2, 0.25) is 0 Å². The molecule has 0 bridgehead atoms. The van der Waals surface area contributed by atoms with E-state index in [4.69, 9.17) is 10.00 Å². The molecule has 0 aromatic heterocycles. The van der Waals surface area contributed by atoms with Crippen LogP contribution in [0.25, 0.3) is 0 Å². The smallest absolute Gasteiger partial charge is 0.119 e. The van der Waals surface area contributed by atoms with Crippen molar-refractivity contribution in [1.29, 1.82) is 5.26 Å². The van der Waals surface area contributed by atoms with Crippen molar-refractivity contribution in [3.63, 3.8) is 0 Å². The molecular weight excluding hydrogens is 234 g/mol. The molecule has 0 aliphatic rings. The highest BCUT2D eigenvalue weighted by Gasteiger charge is 1.96. The third-order valence-corrected chi connectivity index (χ3v) is 2.95. The zero-order chi connectivity index (χ0) is 13.3. The first-order chi connectivity index (χ1) is 9.38. The van der Waals surface area contributed by atoms with E-state index in [9.17, 15) is 0 Å². The van der Waals surface area contributed by atoms with Gasteiger partial charge in [0.15, 0.2) is 0 Å². The Hall–Kier alpha value is -2.27. The Labute approximate surface area is 114 Å². The minimum absolute atomic E-state index is 0.663. The van der Waals surface area contributed by atoms with Crippen LogP contribution in [0.15, 0.2) is 54.6 Å². The molecule has 2 nitrogen and oxygen atoms in total. The zero-order valence-electron chi connectivity index (χ0n) is 10.9. The van der Waals surface area contributed by atoms with Crippen LogP contribution in [-0.2, 0) is 6.42 Å². The van der Waals surface area contributed by atoms with Gasteiger partial charge in [-0.1, -0.05) is 30.3 Å². The molecule has 0 aliphatic carbocycles. The molecule has 0 atom stereocenters. The summed E-state index contributed by atoms with van der Waals surface area (Å²) in [6.07, 6.45) is 3.26. The average Bonchev–Trinajstić information content (AvgIpc) is 2.49. The third-order valence-electron chi connectivity index (χ3n) is 2.95. The molecule has 2 aromatic rings. The lowest BCUT2D eigenvalue weighted by Gasteiger charge is -2.06. The van der Waals surface area contributed by atoms with Gasteiger partial charge in [0.1, 0.15) is 5.75 Å². The van der Waals surface area contributed by atoms with Gasteiger partial charge in [0.25, 0.3) is 0 Å². The maximum Gasteiger partial charge on any atom is 0.119 e. The second kappa shape index (κ2) is 7.23. The first kappa shape index (κ1) is 13.2. The Morgan fingerprint density at radius 3 is 2.32 bits per heavy atom. The summed E-state index contributed by atoms with van der Waals surface area (Å²) in [5, 5.41) is 8.69. The second-order valence-electron chi connectivity index (χ2n) is 4.43. The summed E-state index contributed by atoms with van der Waals surface area (Å²) in [5.74, 6) is 0.832. The van der Waals surface area contributed by atoms with Gasteiger partial charge < -0.3 is 4.74 Å². The molecule has 0 saturated heterocycles. The number of nitriles is 1. The van der Waals surface area contributed by atoms with E-state index in [2.05, 4.69) is 30.3 Å². The molecule has 0 unspecified atom stereocenters. The molecule has 0 radical (unpaired) electrons. The Morgan fingerprint density at radius 1 is 0.895 bits per heavy atom. The van der Waals surface area contributed by atoms with E-state index in [1.165, 1.54) is 5.56 Å². The van der Waals surface area contributed by atoms with Crippen LogP contribution in [-0.4, -0.2) is 6.61 Å². The Bertz CT molecular complexity index is 525. The summed E-state index contributed by atoms with van der Waals surface area (Å²) in [6, 6.07) is 19.8. The van der Waals surface area contributed by atoms with Crippen LogP contribution >= 0.6 is 0 Å². The van der Waals surface area contributed by atoms with Gasteiger partial charge in [-0.2, -0.15) is 5.26 Å². The van der Waals surface area contributed by atoms with Crippen molar-refractivity contribution in [1.82, 2.24) is 0 Å². The van der Waals surface area contributed by atoms with E-state index < -0.39 is 0 Å². The van der Waals surface area contributed by atoms with Gasteiger partial charge in [-0.15, -0.1) is 0 Å². The quantitative estimate of drug-likeness (QED) is 0.728. The van der Waals surface area contributed by atoms with Crippen LogP contribution < -0.4 is 4.74 Å². The lowest BCUT2D eigenvalue weighted by Crippen LogP contribution is -1.98. The molecule has 0 spiro atoms. The van der Waals surface area contributed by atoms with Gasteiger partial charge in [-0.05, 0) is 49.1 Å². The second-order valence-corrected chi connectivity index (χ2v) is 4.43. The van der Waals surface area contributed by atoms with Crippen molar-refractivity contribution in [2.45, 2.75) is 19.3 Å². The van der Waals surface area contributed by atoms with Gasteiger partial charge >= 0.3 is 0 Å². The van der Waals surface area contributed by atoms with Gasteiger partial charge in [-0.3, -0.25) is 0 Å². The minimum Gasteiger partial charge on any atom is -0.494 e. The highest BCUT2D eigenvalue weighted by atomic mass is 16.5. The van der Waals surface area contributed by atoms with Gasteiger partial charge in [0.05, 0.1) is 18.2 Å². The molecule has 2 heteroatoms. The molecule has 0 heterocycles. The van der Waals surface area contributed by atoms with Gasteiger partial charge in [-0.25, -0.2) is 0 Å². The lowest BCUT2D eigenvalue weighted by molar-refractivity contribution is 0.307. The fraction of sp³-hybridized carbons (Fsp3) is 0.235. The number of hydrogen-bond acceptors (Lipinski definition) is 2. The van der Waals surface area contributed by atoms with Crippen molar-refractivity contribution in [3.8, 4) is 11.8 Å². The highest BCUT2D eigenvalue weighted by Crippen LogP contribution is 2.12. The molecule has 19 heavy (non-hydrogen) atoms. The molecule has 0 fully saturated rings. The number of aryl methyl sites for hydroxylation is 1. The monoisotopic (exact) mass is 251 g/mol. The largest absolute Gasteiger partial charge is 0.494 e. The number of unbranched alkanes of at least 4 members (excludes halogenated alkanes) is 1. The Balaban J connectivity index is 1.65. The fourth-order valence-corrected chi connectivity index (χ4v) is 1.89. The SMILES string of the molecule is N#Cc1ccc(OCCCCc2ccccc2)cc1. The molecule has 0 amide bonds. The zero-order valence-corrected chi connectivity index (χ0v) is 10.9. The normalized spacial score (nSPS) is 9.84. The Kier molecular flexibility index (Phi) is 5.01. The molecule has 0 N–H and O–H groups in total. The molecule has 0 aliphatic heterocycles. The maximum atomic E-state index is 8.69. The number of nitrogens with zero attached hydrogens (tertiary/aromatic N) is 1. The van der Waals surface area contributed by atoms with Gasteiger partial charge in [0, 0.05) is 0 Å². The van der Waals surface area contributed by atoms with Crippen LogP contribution in [0.1, 0.15) is 24.0 Å². The van der Waals surface area contributed by atoms with E-state index in [0.717, 1.165) is 31.6 Å². The minimum atomic E-state index is 0.663. The maximum absolute atomic E-state index is 8.69. The number of ether oxygens (including phenoxy) is 1. The Morgan fingerprint density at radius 2 is 1.63 bits per heavy atom. The van der Waals surface area contributed by atoms with E-state index in [0.29, 0.717) is 5.56 Å². The highest BCUT2D eigenvalue weighted by molar-refractivity contribution is 5.34. The summed E-state index contributed by atoms with van der Waals surface area (Å²) in [7, 11) is 0. The fourth-order valence-electron chi connectivity index (χ4n) is 1.89. The van der Waals surface area contributed by atoms with E-state index in [1.807, 2.05) is 18.2 Å². The number of benzene rings is 2. The van der Waals surface area contributed by atoms with Crippen LogP contribution in [0.3, 0.4) is 0 Å². The van der Waals surface area contributed by atoms with Crippen LogP contribution in [0.4, 0.5) is 0 Å². The van der Waals surface area contributed by atoms with E-state index in [-0.39, 0.29) is 0 Å². The third kappa shape index (κ3) is 4.48. The number of hydrogen-bond donors (Lipinski definition) is 0. The molecule has 96 valence electrons. The summed E-state index contributed by atoms with van der Waals surface area (Å²) in [6.45, 7) is 0.721. The molecule has 2 aromatic carbocycles. The van der Waals surface area contributed by atoms with Crippen molar-refractivity contribution in [2.75, 3.05) is 6.61 Å². The van der Waals surface area contributed by atoms with Crippen LogP contribution in [0.5, 0.6) is 5.75 Å². The molecule has 0 saturated carbocycles. The van der Waals surface area contributed by atoms with Crippen LogP contribution in [0, 0.1) is 11.3 Å². The van der Waals surface area contributed by atoms with Crippen molar-refractivity contribution in [2.24, 2.45) is 0 Å². The van der Waals surface area contributed by atoms with E-state index in [1.54, 1.807) is 12.1 Å². The predicted molar refractivity (Wildman–Crippen MR) is 76.0 cm³/mol. The summed E-state index contributed by atoms with van der Waals surface area (Å²) < 4.78 is 5.63. The summed E-state index contributed by atoms with van der Waals surface area (Å²) >= 11 is 0. The first-order valence-electron chi connectivity index (χ1n) is 6.55. The van der Waals surface area contributed by atoms with Crippen molar-refractivity contribution < 1.29 is 4.74 Å². The summed E-state index contributed by atoms with van der Waals surface area (Å²) in [4.78, 5) is 0. The first-order valence-corrected chi connectivity index (χ1v) is 6.55. The average molecular weight is 251 g/mol. The van der Waals surface area contributed by atoms with Crippen LogP contribution in [0.2, 0.25) is 0 Å². The standard InChI is InChI=1S/C17H17NO/c18-14-16-9-11-17(12-10-16)19-13-5-4-8-15-6-2-1-3-7-15/h1-3,6-7,9-12H,4-5,8,13H2. The molecular formula is C17H17NO. The lowest BCUT2D eigenvalue weighted by atomic mass is 10.1. The molecule has 2 rings (SSSR count). The van der Waals surface area contributed by atoms with Crippen molar-refractivity contribution in [3.05, 3.63) is 65.7 Å². The topological polar surface area (TPSA) is 33.0 Å². The predicted octanol–water partition coefficient (Wildman–Crippen LogP) is 3.96. The van der Waals surface area contributed by atoms with Crippen molar-refractivity contribution >= 4 is 0 Å². The summed E-state index contributed by atoms with van der Waals surface area (Å²) in [5.41, 5.74) is 2.04. The van der Waals surface area contributed by atoms with E-state index >= 15 is 0 Å².